The van der Waals surface area contributed by atoms with Crippen molar-refractivity contribution in [1.29, 1.82) is 0 Å². The summed E-state index contributed by atoms with van der Waals surface area (Å²) in [5, 5.41) is 12.0. The summed E-state index contributed by atoms with van der Waals surface area (Å²) in [5.74, 6) is 1.71. The van der Waals surface area contributed by atoms with Gasteiger partial charge in [0.05, 0.1) is 6.04 Å². The Labute approximate surface area is 218 Å². The average molecular weight is 495 g/mol. The largest absolute Gasteiger partial charge is 0.345 e. The Morgan fingerprint density at radius 3 is 2.38 bits per heavy atom. The quantitative estimate of drug-likeness (QED) is 0.396. The van der Waals surface area contributed by atoms with Gasteiger partial charge in [-0.1, -0.05) is 48.5 Å². The van der Waals surface area contributed by atoms with E-state index in [1.807, 2.05) is 44.2 Å². The van der Waals surface area contributed by atoms with Crippen molar-refractivity contribution in [2.75, 3.05) is 25.0 Å². The van der Waals surface area contributed by atoms with E-state index in [1.54, 1.807) is 0 Å². The van der Waals surface area contributed by atoms with Crippen LogP contribution in [0.3, 0.4) is 0 Å². The Morgan fingerprint density at radius 2 is 1.62 bits per heavy atom. The van der Waals surface area contributed by atoms with E-state index in [1.165, 1.54) is 16.9 Å². The molecule has 0 radical (unpaired) electrons. The molecule has 0 spiro atoms. The molecule has 0 fully saturated rings. The second-order valence-corrected chi connectivity index (χ2v) is 9.72. The van der Waals surface area contributed by atoms with Gasteiger partial charge in [0.15, 0.2) is 5.82 Å². The lowest BCUT2D eigenvalue weighted by molar-refractivity contribution is 0.0937. The summed E-state index contributed by atoms with van der Waals surface area (Å²) in [6.07, 6.45) is 0.834. The first kappa shape index (κ1) is 24.7. The molecule has 1 aliphatic heterocycles. The fraction of sp³-hybridized carbons (Fsp3) is 0.300. The maximum Gasteiger partial charge on any atom is 0.252 e. The van der Waals surface area contributed by atoms with Crippen LogP contribution in [-0.4, -0.2) is 45.7 Å². The summed E-state index contributed by atoms with van der Waals surface area (Å²) < 4.78 is 2.18. The van der Waals surface area contributed by atoms with Crippen molar-refractivity contribution in [2.24, 2.45) is 0 Å². The van der Waals surface area contributed by atoms with Crippen LogP contribution in [0.5, 0.6) is 0 Å². The fourth-order valence-electron chi connectivity index (χ4n) is 4.92. The number of nitrogens with zero attached hydrogens (tertiary/aromatic N) is 5. The van der Waals surface area contributed by atoms with Crippen LogP contribution < -0.4 is 10.2 Å². The summed E-state index contributed by atoms with van der Waals surface area (Å²) >= 11 is 0. The number of benzene rings is 3. The van der Waals surface area contributed by atoms with E-state index in [9.17, 15) is 4.79 Å². The smallest absolute Gasteiger partial charge is 0.252 e. The molecule has 0 saturated carbocycles. The van der Waals surface area contributed by atoms with Crippen LogP contribution in [0.15, 0.2) is 78.9 Å². The number of aryl methyl sites for hydroxylation is 1. The molecular formula is C30H34N6O. The van der Waals surface area contributed by atoms with Crippen molar-refractivity contribution in [3.8, 4) is 0 Å². The van der Waals surface area contributed by atoms with Crippen LogP contribution in [0, 0.1) is 6.92 Å². The summed E-state index contributed by atoms with van der Waals surface area (Å²) in [5.41, 5.74) is 5.29. The highest BCUT2D eigenvalue weighted by atomic mass is 16.1. The lowest BCUT2D eigenvalue weighted by Crippen LogP contribution is -2.30. The molecule has 7 nitrogen and oxygen atoms in total. The summed E-state index contributed by atoms with van der Waals surface area (Å²) in [6, 6.07) is 26.6. The number of para-hydroxylation sites is 1. The first-order chi connectivity index (χ1) is 18.0. The van der Waals surface area contributed by atoms with Crippen molar-refractivity contribution >= 4 is 17.3 Å². The molecule has 3 aromatic carbocycles. The molecule has 5 rings (SSSR count). The van der Waals surface area contributed by atoms with E-state index in [2.05, 4.69) is 85.5 Å². The van der Waals surface area contributed by atoms with Gasteiger partial charge in [-0.25, -0.2) is 0 Å². The van der Waals surface area contributed by atoms with Crippen LogP contribution in [0.1, 0.15) is 46.1 Å². The van der Waals surface area contributed by atoms with Gasteiger partial charge in [-0.3, -0.25) is 9.69 Å². The number of hydrogen-bond donors (Lipinski definition) is 1. The minimum atomic E-state index is -0.228. The molecule has 37 heavy (non-hydrogen) atoms. The zero-order valence-electron chi connectivity index (χ0n) is 21.8. The monoisotopic (exact) mass is 494 g/mol. The van der Waals surface area contributed by atoms with Gasteiger partial charge >= 0.3 is 0 Å². The zero-order valence-corrected chi connectivity index (χ0v) is 21.8. The van der Waals surface area contributed by atoms with Crippen molar-refractivity contribution in [2.45, 2.75) is 39.4 Å². The van der Waals surface area contributed by atoms with E-state index in [0.717, 1.165) is 49.8 Å². The van der Waals surface area contributed by atoms with Crippen LogP contribution in [0.25, 0.3) is 0 Å². The molecule has 1 atom stereocenters. The zero-order chi connectivity index (χ0) is 25.8. The second-order valence-electron chi connectivity index (χ2n) is 9.72. The number of carbonyl (C=O) groups is 1. The predicted octanol–water partition coefficient (Wildman–Crippen LogP) is 4.90. The predicted molar refractivity (Wildman–Crippen MR) is 147 cm³/mol. The number of aromatic nitrogens is 3. The first-order valence-electron chi connectivity index (χ1n) is 12.9. The van der Waals surface area contributed by atoms with Gasteiger partial charge in [0.1, 0.15) is 5.82 Å². The third-order valence-corrected chi connectivity index (χ3v) is 7.15. The molecule has 190 valence electrons. The SMILES string of the molecule is Cc1ccccc1C(=O)N[C@@H](C)c1nnc2n1CCN(Cc1ccc(N(C)c3ccccc3)cc1)CC2. The third kappa shape index (κ3) is 5.57. The minimum absolute atomic E-state index is 0.0837. The Bertz CT molecular complexity index is 1350. The number of amides is 1. The van der Waals surface area contributed by atoms with Crippen LogP contribution in [0.2, 0.25) is 0 Å². The molecular weight excluding hydrogens is 460 g/mol. The van der Waals surface area contributed by atoms with Crippen LogP contribution in [0.4, 0.5) is 11.4 Å². The molecule has 1 amide bonds. The molecule has 0 saturated heterocycles. The number of hydrogen-bond acceptors (Lipinski definition) is 5. The number of nitrogens with one attached hydrogen (secondary N) is 1. The van der Waals surface area contributed by atoms with E-state index >= 15 is 0 Å². The van der Waals surface area contributed by atoms with Gasteiger partial charge < -0.3 is 14.8 Å². The summed E-state index contributed by atoms with van der Waals surface area (Å²) in [4.78, 5) is 17.5. The van der Waals surface area contributed by atoms with E-state index in [4.69, 9.17) is 0 Å². The number of rotatable bonds is 7. The lowest BCUT2D eigenvalue weighted by Gasteiger charge is -2.22. The Morgan fingerprint density at radius 1 is 0.919 bits per heavy atom. The van der Waals surface area contributed by atoms with Gasteiger partial charge in [0.2, 0.25) is 0 Å². The highest BCUT2D eigenvalue weighted by Crippen LogP contribution is 2.24. The number of carbonyl (C=O) groups excluding carboxylic acids is 1. The van der Waals surface area contributed by atoms with Crippen LogP contribution in [-0.2, 0) is 19.5 Å². The maximum atomic E-state index is 12.8. The molecule has 7 heteroatoms. The average Bonchev–Trinajstić information content (AvgIpc) is 3.23. The molecule has 1 aromatic heterocycles. The first-order valence-corrected chi connectivity index (χ1v) is 12.9. The Hall–Kier alpha value is -3.97. The van der Waals surface area contributed by atoms with Gasteiger partial charge in [-0.15, -0.1) is 10.2 Å². The molecule has 0 aliphatic carbocycles. The second kappa shape index (κ2) is 11.0. The number of fused-ring (bicyclic) bond motifs is 1. The minimum Gasteiger partial charge on any atom is -0.345 e. The van der Waals surface area contributed by atoms with E-state index < -0.39 is 0 Å². The molecule has 0 bridgehead atoms. The van der Waals surface area contributed by atoms with Gasteiger partial charge in [0.25, 0.3) is 5.91 Å². The van der Waals surface area contributed by atoms with Crippen molar-refractivity contribution in [3.63, 3.8) is 0 Å². The van der Waals surface area contributed by atoms with Gasteiger partial charge in [-0.05, 0) is 55.3 Å². The third-order valence-electron chi connectivity index (χ3n) is 7.15. The highest BCUT2D eigenvalue weighted by molar-refractivity contribution is 5.95. The molecule has 4 aromatic rings. The van der Waals surface area contributed by atoms with E-state index in [0.29, 0.717) is 5.56 Å². The lowest BCUT2D eigenvalue weighted by atomic mass is 10.1. The van der Waals surface area contributed by atoms with Crippen LogP contribution >= 0.6 is 0 Å². The van der Waals surface area contributed by atoms with Gasteiger partial charge in [0, 0.05) is 56.6 Å². The maximum absolute atomic E-state index is 12.8. The van der Waals surface area contributed by atoms with Crippen molar-refractivity contribution in [3.05, 3.63) is 107 Å². The number of anilines is 2. The Balaban J connectivity index is 1.20. The Kier molecular flexibility index (Phi) is 7.32. The van der Waals surface area contributed by atoms with Crippen molar-refractivity contribution < 1.29 is 4.79 Å². The molecule has 0 unspecified atom stereocenters. The molecule has 2 heterocycles. The summed E-state index contributed by atoms with van der Waals surface area (Å²) in [7, 11) is 2.09. The highest BCUT2D eigenvalue weighted by Gasteiger charge is 2.23. The fourth-order valence-corrected chi connectivity index (χ4v) is 4.92. The standard InChI is InChI=1S/C30H34N6O/c1-22-9-7-8-12-27(22)30(37)31-23(2)29-33-32-28-17-18-35(19-20-36(28)29)21-24-13-15-26(16-14-24)34(3)25-10-5-4-6-11-25/h4-16,23H,17-21H2,1-3H3,(H,31,37)/t23-/m0/s1. The summed E-state index contributed by atoms with van der Waals surface area (Å²) in [6.45, 7) is 7.45. The van der Waals surface area contributed by atoms with Crippen molar-refractivity contribution in [1.82, 2.24) is 25.0 Å². The molecule has 1 aliphatic rings. The molecule has 1 N–H and O–H groups in total. The van der Waals surface area contributed by atoms with Gasteiger partial charge in [-0.2, -0.15) is 0 Å². The topological polar surface area (TPSA) is 66.3 Å². The normalized spacial score (nSPS) is 14.5. The van der Waals surface area contributed by atoms with E-state index in [-0.39, 0.29) is 11.9 Å².